The smallest absolute Gasteiger partial charge is 0.193 e. The Morgan fingerprint density at radius 2 is 1.90 bits per heavy atom. The van der Waals surface area contributed by atoms with Crippen molar-refractivity contribution in [3.05, 3.63) is 30.3 Å². The topological polar surface area (TPSA) is 43.3 Å². The van der Waals surface area contributed by atoms with Crippen molar-refractivity contribution in [2.24, 2.45) is 10.4 Å². The Bertz CT molecular complexity index is 650. The van der Waals surface area contributed by atoms with E-state index in [0.29, 0.717) is 5.41 Å². The third kappa shape index (κ3) is 5.23. The summed E-state index contributed by atoms with van der Waals surface area (Å²) in [7, 11) is 1.91. The van der Waals surface area contributed by atoms with E-state index in [9.17, 15) is 0 Å². The number of para-hydroxylation sites is 1. The zero-order valence-electron chi connectivity index (χ0n) is 18.0. The minimum atomic E-state index is 0.388. The average Bonchev–Trinajstić information content (AvgIpc) is 3.41. The number of hydrogen-bond acceptors (Lipinski definition) is 4. The molecule has 0 aromatic heterocycles. The van der Waals surface area contributed by atoms with E-state index >= 15 is 0 Å². The number of nitrogens with one attached hydrogen (secondary N) is 1. The van der Waals surface area contributed by atoms with Crippen LogP contribution in [0.15, 0.2) is 35.3 Å². The lowest BCUT2D eigenvalue weighted by Gasteiger charge is -2.36. The molecule has 0 aliphatic carbocycles. The quantitative estimate of drug-likeness (QED) is 0.452. The molecule has 160 valence electrons. The number of hydrogen-bond donors (Lipinski definition) is 1. The van der Waals surface area contributed by atoms with Gasteiger partial charge < -0.3 is 19.9 Å². The molecule has 3 aliphatic heterocycles. The van der Waals surface area contributed by atoms with Gasteiger partial charge in [-0.15, -0.1) is 0 Å². The lowest BCUT2D eigenvalue weighted by molar-refractivity contribution is 0.156. The molecule has 0 bridgehead atoms. The lowest BCUT2D eigenvalue weighted by atomic mass is 9.87. The van der Waals surface area contributed by atoms with Gasteiger partial charge in [0.2, 0.25) is 0 Å². The van der Waals surface area contributed by atoms with Gasteiger partial charge in [0, 0.05) is 70.6 Å². The van der Waals surface area contributed by atoms with Gasteiger partial charge in [-0.05, 0) is 44.4 Å². The number of benzene rings is 1. The molecular weight excluding hydrogens is 362 g/mol. The van der Waals surface area contributed by atoms with E-state index in [1.54, 1.807) is 0 Å². The van der Waals surface area contributed by atoms with Crippen molar-refractivity contribution in [1.29, 1.82) is 0 Å². The van der Waals surface area contributed by atoms with Crippen LogP contribution in [0.3, 0.4) is 0 Å². The second-order valence-electron chi connectivity index (χ2n) is 8.82. The Hall–Kier alpha value is -1.79. The molecule has 4 rings (SSSR count). The van der Waals surface area contributed by atoms with Crippen LogP contribution in [0.4, 0.5) is 5.69 Å². The number of nitrogens with zero attached hydrogens (tertiary/aromatic N) is 4. The van der Waals surface area contributed by atoms with E-state index in [1.807, 2.05) is 7.05 Å². The van der Waals surface area contributed by atoms with Gasteiger partial charge >= 0.3 is 0 Å². The Labute approximate surface area is 175 Å². The first kappa shape index (κ1) is 20.5. The maximum atomic E-state index is 5.65. The summed E-state index contributed by atoms with van der Waals surface area (Å²) < 4.78 is 5.65. The van der Waals surface area contributed by atoms with Crippen LogP contribution in [0.5, 0.6) is 0 Å². The van der Waals surface area contributed by atoms with Crippen molar-refractivity contribution in [3.8, 4) is 0 Å². The van der Waals surface area contributed by atoms with Crippen molar-refractivity contribution in [2.75, 3.05) is 77.5 Å². The number of aliphatic imine (C=N–C) groups is 1. The second kappa shape index (κ2) is 9.81. The molecule has 3 fully saturated rings. The second-order valence-corrected chi connectivity index (χ2v) is 8.82. The van der Waals surface area contributed by atoms with Crippen molar-refractivity contribution < 1.29 is 4.74 Å². The fourth-order valence-electron chi connectivity index (χ4n) is 4.95. The van der Waals surface area contributed by atoms with Gasteiger partial charge in [-0.1, -0.05) is 18.2 Å². The van der Waals surface area contributed by atoms with Gasteiger partial charge in [-0.25, -0.2) is 0 Å². The Morgan fingerprint density at radius 1 is 1.07 bits per heavy atom. The largest absolute Gasteiger partial charge is 0.381 e. The molecule has 1 aromatic rings. The number of anilines is 1. The van der Waals surface area contributed by atoms with Gasteiger partial charge in [0.15, 0.2) is 5.96 Å². The first-order valence-electron chi connectivity index (χ1n) is 11.3. The molecule has 0 radical (unpaired) electrons. The summed E-state index contributed by atoms with van der Waals surface area (Å²) in [5.41, 5.74) is 1.75. The fourth-order valence-corrected chi connectivity index (χ4v) is 4.95. The summed E-state index contributed by atoms with van der Waals surface area (Å²) in [6.07, 6.45) is 4.88. The van der Waals surface area contributed by atoms with Crippen molar-refractivity contribution in [3.63, 3.8) is 0 Å². The molecule has 0 saturated carbocycles. The van der Waals surface area contributed by atoms with Crippen molar-refractivity contribution >= 4 is 11.6 Å². The molecular formula is C23H37N5O. The van der Waals surface area contributed by atoms with Crippen molar-refractivity contribution in [1.82, 2.24) is 15.1 Å². The molecule has 6 nitrogen and oxygen atoms in total. The van der Waals surface area contributed by atoms with E-state index in [1.165, 1.54) is 51.0 Å². The molecule has 1 spiro atoms. The molecule has 1 atom stereocenters. The van der Waals surface area contributed by atoms with E-state index in [-0.39, 0.29) is 0 Å². The SMILES string of the molecule is CN=C(NCCCCN1CCN(c2ccccc2)CC1)N1CCC2(CCOC2)C1. The summed E-state index contributed by atoms with van der Waals surface area (Å²) in [4.78, 5) is 12.1. The molecule has 0 amide bonds. The molecule has 1 N–H and O–H groups in total. The van der Waals surface area contributed by atoms with E-state index < -0.39 is 0 Å². The van der Waals surface area contributed by atoms with Crippen LogP contribution in [0.2, 0.25) is 0 Å². The summed E-state index contributed by atoms with van der Waals surface area (Å²) in [6.45, 7) is 10.9. The average molecular weight is 400 g/mol. The summed E-state index contributed by atoms with van der Waals surface area (Å²) in [5, 5.41) is 3.59. The van der Waals surface area contributed by atoms with Gasteiger partial charge in [0.25, 0.3) is 0 Å². The normalized spacial score (nSPS) is 25.9. The number of rotatable bonds is 6. The molecule has 3 heterocycles. The highest BCUT2D eigenvalue weighted by molar-refractivity contribution is 5.80. The van der Waals surface area contributed by atoms with Crippen LogP contribution in [-0.2, 0) is 4.74 Å². The predicted molar refractivity (Wildman–Crippen MR) is 120 cm³/mol. The number of guanidine groups is 1. The van der Waals surface area contributed by atoms with Crippen LogP contribution in [0.25, 0.3) is 0 Å². The van der Waals surface area contributed by atoms with Crippen molar-refractivity contribution in [2.45, 2.75) is 25.7 Å². The number of ether oxygens (including phenoxy) is 1. The first-order chi connectivity index (χ1) is 14.3. The van der Waals surface area contributed by atoms with E-state index in [4.69, 9.17) is 4.74 Å². The molecule has 29 heavy (non-hydrogen) atoms. The number of likely N-dealkylation sites (tertiary alicyclic amines) is 1. The minimum absolute atomic E-state index is 0.388. The third-order valence-electron chi connectivity index (χ3n) is 6.81. The fraction of sp³-hybridized carbons (Fsp3) is 0.696. The monoisotopic (exact) mass is 399 g/mol. The zero-order chi connectivity index (χ0) is 19.9. The standard InChI is InChI=1S/C23H37N5O/c1-24-22(28-13-9-23(19-28)10-18-29-20-23)25-11-5-6-12-26-14-16-27(17-15-26)21-7-3-2-4-8-21/h2-4,7-8H,5-6,9-20H2,1H3,(H,24,25). The van der Waals surface area contributed by atoms with Crippen LogP contribution in [0, 0.1) is 5.41 Å². The highest BCUT2D eigenvalue weighted by atomic mass is 16.5. The molecule has 1 unspecified atom stereocenters. The Kier molecular flexibility index (Phi) is 6.93. The van der Waals surface area contributed by atoms with Gasteiger partial charge in [-0.3, -0.25) is 9.89 Å². The molecule has 3 aliphatic rings. The van der Waals surface area contributed by atoms with Gasteiger partial charge in [0.05, 0.1) is 6.61 Å². The highest BCUT2D eigenvalue weighted by Gasteiger charge is 2.42. The van der Waals surface area contributed by atoms with E-state index in [2.05, 4.69) is 55.3 Å². The highest BCUT2D eigenvalue weighted by Crippen LogP contribution is 2.38. The van der Waals surface area contributed by atoms with Crippen LogP contribution < -0.4 is 10.2 Å². The minimum Gasteiger partial charge on any atom is -0.381 e. The molecule has 3 saturated heterocycles. The zero-order valence-corrected chi connectivity index (χ0v) is 18.0. The predicted octanol–water partition coefficient (Wildman–Crippen LogP) is 2.28. The van der Waals surface area contributed by atoms with Crippen LogP contribution in [0.1, 0.15) is 25.7 Å². The van der Waals surface area contributed by atoms with Crippen LogP contribution >= 0.6 is 0 Å². The Balaban J connectivity index is 1.10. The van der Waals surface area contributed by atoms with Gasteiger partial charge in [0.1, 0.15) is 0 Å². The summed E-state index contributed by atoms with van der Waals surface area (Å²) >= 11 is 0. The third-order valence-corrected chi connectivity index (χ3v) is 6.81. The Morgan fingerprint density at radius 3 is 2.62 bits per heavy atom. The van der Waals surface area contributed by atoms with E-state index in [0.717, 1.165) is 51.9 Å². The number of piperazine rings is 1. The van der Waals surface area contributed by atoms with Crippen LogP contribution in [-0.4, -0.2) is 88.4 Å². The number of unbranched alkanes of at least 4 members (excludes halogenated alkanes) is 1. The first-order valence-corrected chi connectivity index (χ1v) is 11.3. The molecule has 1 aromatic carbocycles. The lowest BCUT2D eigenvalue weighted by Crippen LogP contribution is -2.46. The summed E-state index contributed by atoms with van der Waals surface area (Å²) in [6, 6.07) is 10.8. The maximum Gasteiger partial charge on any atom is 0.193 e. The summed E-state index contributed by atoms with van der Waals surface area (Å²) in [5.74, 6) is 1.07. The van der Waals surface area contributed by atoms with Gasteiger partial charge in [-0.2, -0.15) is 0 Å². The molecule has 6 heteroatoms. The maximum absolute atomic E-state index is 5.65.